The van der Waals surface area contributed by atoms with E-state index >= 15 is 0 Å². The number of carbonyl (C=O) groups is 1. The largest absolute Gasteiger partial charge is 0.386 e. The predicted octanol–water partition coefficient (Wildman–Crippen LogP) is 1.52. The Morgan fingerprint density at radius 2 is 2.00 bits per heavy atom. The predicted molar refractivity (Wildman–Crippen MR) is 59.5 cm³/mol. The molecule has 1 aromatic carbocycles. The average molecular weight is 253 g/mol. The lowest BCUT2D eigenvalue weighted by atomic mass is 10.1. The number of carbonyl (C=O) groups excluding carboxylic acids is 1. The lowest BCUT2D eigenvalue weighted by Gasteiger charge is -2.14. The molecule has 1 unspecified atom stereocenters. The molecule has 3 nitrogen and oxygen atoms in total. The van der Waals surface area contributed by atoms with Crippen molar-refractivity contribution in [3.05, 3.63) is 35.4 Å². The summed E-state index contributed by atoms with van der Waals surface area (Å²) in [5, 5.41) is 12.3. The Morgan fingerprint density at radius 1 is 1.44 bits per heavy atom. The maximum atomic E-state index is 13.4. The molecule has 3 rings (SSSR count). The fourth-order valence-electron chi connectivity index (χ4n) is 2.37. The number of hydrogen-bond acceptors (Lipinski definition) is 2. The van der Waals surface area contributed by atoms with Crippen molar-refractivity contribution in [2.45, 2.75) is 18.9 Å². The molecule has 1 amide bonds. The van der Waals surface area contributed by atoms with Crippen molar-refractivity contribution in [2.75, 3.05) is 6.54 Å². The van der Waals surface area contributed by atoms with E-state index in [2.05, 4.69) is 5.32 Å². The van der Waals surface area contributed by atoms with Crippen LogP contribution in [0, 0.1) is 23.0 Å². The third kappa shape index (κ3) is 1.70. The fraction of sp³-hybridized carbons (Fsp3) is 0.462. The first-order valence-corrected chi connectivity index (χ1v) is 5.95. The summed E-state index contributed by atoms with van der Waals surface area (Å²) < 4.78 is 26.7. The maximum Gasteiger partial charge on any atom is 0.226 e. The van der Waals surface area contributed by atoms with Crippen LogP contribution in [-0.4, -0.2) is 17.6 Å². The average Bonchev–Trinajstić information content (AvgIpc) is 3.13. The minimum atomic E-state index is -1.36. The minimum absolute atomic E-state index is 0.108. The Kier molecular flexibility index (Phi) is 2.41. The molecule has 0 aromatic heterocycles. The van der Waals surface area contributed by atoms with Crippen molar-refractivity contribution in [1.82, 2.24) is 5.32 Å². The number of aliphatic hydroxyl groups is 1. The van der Waals surface area contributed by atoms with Crippen molar-refractivity contribution < 1.29 is 18.7 Å². The van der Waals surface area contributed by atoms with Gasteiger partial charge in [0.1, 0.15) is 17.7 Å². The van der Waals surface area contributed by atoms with Crippen molar-refractivity contribution in [3.8, 4) is 0 Å². The number of aliphatic hydroxyl groups excluding tert-OH is 1. The molecule has 5 heteroatoms. The van der Waals surface area contributed by atoms with Crippen LogP contribution in [0.25, 0.3) is 0 Å². The van der Waals surface area contributed by atoms with Gasteiger partial charge < -0.3 is 10.4 Å². The highest BCUT2D eigenvalue weighted by molar-refractivity contribution is 5.90. The van der Waals surface area contributed by atoms with E-state index in [4.69, 9.17) is 0 Å². The molecule has 2 fully saturated rings. The first-order valence-electron chi connectivity index (χ1n) is 5.95. The number of nitrogens with one attached hydrogen (secondary N) is 1. The lowest BCUT2D eigenvalue weighted by molar-refractivity contribution is -0.124. The first kappa shape index (κ1) is 11.6. The molecule has 2 aliphatic rings. The third-order valence-electron chi connectivity index (χ3n) is 3.92. The van der Waals surface area contributed by atoms with E-state index < -0.39 is 23.3 Å². The molecule has 2 saturated carbocycles. The molecule has 18 heavy (non-hydrogen) atoms. The van der Waals surface area contributed by atoms with Crippen LogP contribution in [0.4, 0.5) is 8.78 Å². The molecular formula is C13H13F2NO2. The highest BCUT2D eigenvalue weighted by Crippen LogP contribution is 2.75. The quantitative estimate of drug-likeness (QED) is 0.854. The minimum Gasteiger partial charge on any atom is -0.386 e. The van der Waals surface area contributed by atoms with Gasteiger partial charge in [-0.15, -0.1) is 0 Å². The van der Waals surface area contributed by atoms with E-state index in [1.165, 1.54) is 6.07 Å². The van der Waals surface area contributed by atoms with E-state index in [1.54, 1.807) is 0 Å². The zero-order chi connectivity index (χ0) is 12.9. The summed E-state index contributed by atoms with van der Waals surface area (Å²) in [5.41, 5.74) is -0.591. The van der Waals surface area contributed by atoms with Crippen LogP contribution in [0.1, 0.15) is 24.5 Å². The van der Waals surface area contributed by atoms with Gasteiger partial charge in [0.15, 0.2) is 0 Å². The zero-order valence-corrected chi connectivity index (χ0v) is 9.62. The number of amides is 1. The Balaban J connectivity index is 1.63. The molecular weight excluding hydrogens is 240 g/mol. The molecule has 96 valence electrons. The van der Waals surface area contributed by atoms with Gasteiger partial charge in [-0.3, -0.25) is 4.79 Å². The molecule has 0 bridgehead atoms. The van der Waals surface area contributed by atoms with Gasteiger partial charge in [0.05, 0.1) is 11.0 Å². The molecule has 0 saturated heterocycles. The van der Waals surface area contributed by atoms with Crippen LogP contribution in [0.3, 0.4) is 0 Å². The molecule has 1 aromatic rings. The molecule has 1 atom stereocenters. The van der Waals surface area contributed by atoms with E-state index in [0.717, 1.165) is 25.0 Å². The number of hydrogen-bond donors (Lipinski definition) is 2. The summed E-state index contributed by atoms with van der Waals surface area (Å²) in [5.74, 6) is -1.21. The topological polar surface area (TPSA) is 49.3 Å². The van der Waals surface area contributed by atoms with Crippen molar-refractivity contribution in [1.29, 1.82) is 0 Å². The Bertz CT molecular complexity index is 491. The number of fused-ring (bicyclic) bond motifs is 1. The fourth-order valence-corrected chi connectivity index (χ4v) is 2.37. The van der Waals surface area contributed by atoms with Gasteiger partial charge in [0.25, 0.3) is 0 Å². The Hall–Kier alpha value is -1.49. The lowest BCUT2D eigenvalue weighted by Crippen LogP contribution is -2.32. The summed E-state index contributed by atoms with van der Waals surface area (Å²) in [4.78, 5) is 11.7. The monoisotopic (exact) mass is 253 g/mol. The van der Waals surface area contributed by atoms with Gasteiger partial charge in [0.2, 0.25) is 5.91 Å². The van der Waals surface area contributed by atoms with Crippen LogP contribution < -0.4 is 5.32 Å². The summed E-state index contributed by atoms with van der Waals surface area (Å²) in [7, 11) is 0. The summed E-state index contributed by atoms with van der Waals surface area (Å²) in [6, 6.07) is 3.40. The van der Waals surface area contributed by atoms with Gasteiger partial charge >= 0.3 is 0 Å². The number of rotatable bonds is 4. The van der Waals surface area contributed by atoms with Crippen molar-refractivity contribution in [3.63, 3.8) is 0 Å². The highest BCUT2D eigenvalue weighted by Gasteiger charge is 2.74. The Morgan fingerprint density at radius 3 is 2.50 bits per heavy atom. The van der Waals surface area contributed by atoms with Gasteiger partial charge in [-0.2, -0.15) is 0 Å². The van der Waals surface area contributed by atoms with Gasteiger partial charge in [-0.05, 0) is 30.9 Å². The normalized spacial score (nSPS) is 29.4. The first-order chi connectivity index (χ1) is 8.54. The van der Waals surface area contributed by atoms with Crippen molar-refractivity contribution in [2.24, 2.45) is 11.3 Å². The molecule has 2 aliphatic carbocycles. The van der Waals surface area contributed by atoms with Gasteiger partial charge in [0, 0.05) is 6.54 Å². The number of benzene rings is 1. The molecule has 0 aliphatic heterocycles. The Labute approximate surface area is 103 Å². The van der Waals surface area contributed by atoms with E-state index in [1.807, 2.05) is 0 Å². The smallest absolute Gasteiger partial charge is 0.226 e. The summed E-state index contributed by atoms with van der Waals surface area (Å²) >= 11 is 0. The van der Waals surface area contributed by atoms with Crippen LogP contribution >= 0.6 is 0 Å². The summed E-state index contributed by atoms with van der Waals surface area (Å²) in [6.45, 7) is -0.162. The van der Waals surface area contributed by atoms with Crippen molar-refractivity contribution >= 4 is 5.91 Å². The second-order valence-electron chi connectivity index (χ2n) is 5.12. The highest BCUT2D eigenvalue weighted by atomic mass is 19.1. The van der Waals surface area contributed by atoms with E-state index in [0.29, 0.717) is 5.92 Å². The third-order valence-corrected chi connectivity index (χ3v) is 3.92. The van der Waals surface area contributed by atoms with Crippen LogP contribution in [0.15, 0.2) is 18.2 Å². The molecule has 0 heterocycles. The van der Waals surface area contributed by atoms with Gasteiger partial charge in [-0.25, -0.2) is 8.78 Å². The van der Waals surface area contributed by atoms with E-state index in [9.17, 15) is 18.7 Å². The van der Waals surface area contributed by atoms with E-state index in [-0.39, 0.29) is 17.9 Å². The summed E-state index contributed by atoms with van der Waals surface area (Å²) in [6.07, 6.45) is 0.453. The van der Waals surface area contributed by atoms with Crippen LogP contribution in [0.2, 0.25) is 0 Å². The SMILES string of the molecule is O=C(NCC(O)c1c(F)cccc1F)C12CC1C2. The second-order valence-corrected chi connectivity index (χ2v) is 5.12. The molecule has 0 spiro atoms. The standard InChI is InChI=1S/C13H13F2NO2/c14-8-2-1-3-9(15)11(8)10(17)6-16-12(18)13-4-7(13)5-13/h1-3,7,10,17H,4-6H2,(H,16,18). The van der Waals surface area contributed by atoms with Crippen LogP contribution in [-0.2, 0) is 4.79 Å². The van der Waals surface area contributed by atoms with Gasteiger partial charge in [-0.1, -0.05) is 6.07 Å². The molecule has 0 radical (unpaired) electrons. The zero-order valence-electron chi connectivity index (χ0n) is 9.62. The maximum absolute atomic E-state index is 13.4. The second kappa shape index (κ2) is 3.75. The van der Waals surface area contributed by atoms with Crippen LogP contribution in [0.5, 0.6) is 0 Å². The number of halogens is 2. The molecule has 2 N–H and O–H groups in total.